The average molecular weight is 311 g/mol. The molecule has 18 heavy (non-hydrogen) atoms. The maximum atomic E-state index is 12.3. The lowest BCUT2D eigenvalue weighted by Gasteiger charge is -2.17. The van der Waals surface area contributed by atoms with Crippen LogP contribution in [0.5, 0.6) is 0 Å². The molecule has 1 aliphatic rings. The Morgan fingerprint density at radius 2 is 2.17 bits per heavy atom. The number of nitrogens with zero attached hydrogens (tertiary/aromatic N) is 1. The first-order chi connectivity index (χ1) is 8.65. The lowest BCUT2D eigenvalue weighted by Crippen LogP contribution is -2.37. The standard InChI is InChI=1S/C13H15BrN2O2/c1-9(17)15-12-10-5-2-3-6-11(10)16(13(12)18)8-4-7-14/h2-3,5-6,12H,4,7-8H2,1H3,(H,15,17)/t12-/m1/s1. The van der Waals surface area contributed by atoms with Gasteiger partial charge in [0.15, 0.2) is 0 Å². The minimum atomic E-state index is -0.533. The Labute approximate surface area is 114 Å². The molecule has 1 aliphatic heterocycles. The van der Waals surface area contributed by atoms with Crippen molar-refractivity contribution in [1.82, 2.24) is 5.32 Å². The Morgan fingerprint density at radius 1 is 1.44 bits per heavy atom. The number of para-hydroxylation sites is 1. The predicted octanol–water partition coefficient (Wildman–Crippen LogP) is 2.00. The highest BCUT2D eigenvalue weighted by molar-refractivity contribution is 9.09. The third-order valence-corrected chi connectivity index (χ3v) is 3.48. The molecule has 1 aromatic carbocycles. The predicted molar refractivity (Wildman–Crippen MR) is 73.8 cm³/mol. The summed E-state index contributed by atoms with van der Waals surface area (Å²) in [5.41, 5.74) is 1.79. The van der Waals surface area contributed by atoms with Crippen LogP contribution < -0.4 is 10.2 Å². The Hall–Kier alpha value is -1.36. The summed E-state index contributed by atoms with van der Waals surface area (Å²) in [4.78, 5) is 25.2. The number of halogens is 1. The molecule has 0 spiro atoms. The van der Waals surface area contributed by atoms with Crippen LogP contribution in [0.15, 0.2) is 24.3 Å². The van der Waals surface area contributed by atoms with Crippen LogP contribution in [0, 0.1) is 0 Å². The van der Waals surface area contributed by atoms with Crippen LogP contribution in [-0.2, 0) is 9.59 Å². The summed E-state index contributed by atoms with van der Waals surface area (Å²) >= 11 is 3.36. The Balaban J connectivity index is 2.30. The van der Waals surface area contributed by atoms with Gasteiger partial charge < -0.3 is 10.2 Å². The molecule has 96 valence electrons. The van der Waals surface area contributed by atoms with Crippen LogP contribution in [0.2, 0.25) is 0 Å². The van der Waals surface area contributed by atoms with Gasteiger partial charge in [0, 0.05) is 30.0 Å². The van der Waals surface area contributed by atoms with Gasteiger partial charge in [-0.3, -0.25) is 9.59 Å². The Morgan fingerprint density at radius 3 is 2.83 bits per heavy atom. The molecule has 0 aliphatic carbocycles. The number of anilines is 1. The maximum Gasteiger partial charge on any atom is 0.254 e. The lowest BCUT2D eigenvalue weighted by atomic mass is 10.1. The Kier molecular flexibility index (Phi) is 4.01. The molecule has 2 amide bonds. The van der Waals surface area contributed by atoms with Crippen LogP contribution in [0.3, 0.4) is 0 Å². The van der Waals surface area contributed by atoms with Gasteiger partial charge in [0.1, 0.15) is 6.04 Å². The largest absolute Gasteiger partial charge is 0.341 e. The van der Waals surface area contributed by atoms with Crippen molar-refractivity contribution in [3.8, 4) is 0 Å². The van der Waals surface area contributed by atoms with Crippen LogP contribution >= 0.6 is 15.9 Å². The number of nitrogens with one attached hydrogen (secondary N) is 1. The zero-order valence-corrected chi connectivity index (χ0v) is 11.7. The molecule has 0 saturated heterocycles. The first-order valence-electron chi connectivity index (χ1n) is 5.88. The molecule has 0 bridgehead atoms. The smallest absolute Gasteiger partial charge is 0.254 e. The average Bonchev–Trinajstić information content (AvgIpc) is 2.60. The van der Waals surface area contributed by atoms with E-state index in [4.69, 9.17) is 0 Å². The van der Waals surface area contributed by atoms with Gasteiger partial charge in [0.2, 0.25) is 5.91 Å². The minimum absolute atomic E-state index is 0.0487. The second-order valence-corrected chi connectivity index (χ2v) is 5.02. The highest BCUT2D eigenvalue weighted by atomic mass is 79.9. The number of carbonyl (C=O) groups excluding carboxylic acids is 2. The zero-order valence-electron chi connectivity index (χ0n) is 10.1. The van der Waals surface area contributed by atoms with Crippen molar-refractivity contribution < 1.29 is 9.59 Å². The molecule has 0 radical (unpaired) electrons. The second-order valence-electron chi connectivity index (χ2n) is 4.22. The van der Waals surface area contributed by atoms with E-state index in [-0.39, 0.29) is 11.8 Å². The molecular weight excluding hydrogens is 296 g/mol. The summed E-state index contributed by atoms with van der Waals surface area (Å²) in [6, 6.07) is 7.07. The molecule has 0 fully saturated rings. The van der Waals surface area contributed by atoms with E-state index in [0.29, 0.717) is 6.54 Å². The zero-order chi connectivity index (χ0) is 13.1. The molecule has 1 atom stereocenters. The third-order valence-electron chi connectivity index (χ3n) is 2.91. The topological polar surface area (TPSA) is 49.4 Å². The highest BCUT2D eigenvalue weighted by Gasteiger charge is 2.36. The van der Waals surface area contributed by atoms with Gasteiger partial charge in [-0.05, 0) is 12.5 Å². The van der Waals surface area contributed by atoms with Crippen molar-refractivity contribution >= 4 is 33.4 Å². The summed E-state index contributed by atoms with van der Waals surface area (Å²) in [5, 5.41) is 3.56. The van der Waals surface area contributed by atoms with E-state index in [0.717, 1.165) is 23.0 Å². The summed E-state index contributed by atoms with van der Waals surface area (Å²) < 4.78 is 0. The summed E-state index contributed by atoms with van der Waals surface area (Å²) in [6.07, 6.45) is 0.882. The number of hydrogen-bond acceptors (Lipinski definition) is 2. The number of amides is 2. The van der Waals surface area contributed by atoms with Crippen molar-refractivity contribution in [3.05, 3.63) is 29.8 Å². The second kappa shape index (κ2) is 5.52. The van der Waals surface area contributed by atoms with Gasteiger partial charge in [-0.15, -0.1) is 0 Å². The first kappa shape index (κ1) is 13.1. The first-order valence-corrected chi connectivity index (χ1v) is 7.00. The molecule has 2 rings (SSSR count). The molecule has 0 unspecified atom stereocenters. The van der Waals surface area contributed by atoms with E-state index in [2.05, 4.69) is 21.2 Å². The molecule has 0 aromatic heterocycles. The van der Waals surface area contributed by atoms with Crippen molar-refractivity contribution in [2.75, 3.05) is 16.8 Å². The van der Waals surface area contributed by atoms with E-state index < -0.39 is 6.04 Å². The van der Waals surface area contributed by atoms with Gasteiger partial charge in [-0.2, -0.15) is 0 Å². The summed E-state index contributed by atoms with van der Waals surface area (Å²) in [5.74, 6) is -0.238. The fraction of sp³-hybridized carbons (Fsp3) is 0.385. The molecule has 1 aromatic rings. The normalized spacial score (nSPS) is 17.8. The molecule has 1 N–H and O–H groups in total. The van der Waals surface area contributed by atoms with Gasteiger partial charge >= 0.3 is 0 Å². The quantitative estimate of drug-likeness (QED) is 0.865. The monoisotopic (exact) mass is 310 g/mol. The number of fused-ring (bicyclic) bond motifs is 1. The van der Waals surface area contributed by atoms with Crippen molar-refractivity contribution in [3.63, 3.8) is 0 Å². The van der Waals surface area contributed by atoms with Gasteiger partial charge in [0.05, 0.1) is 0 Å². The van der Waals surface area contributed by atoms with E-state index in [9.17, 15) is 9.59 Å². The molecule has 1 heterocycles. The number of rotatable bonds is 4. The van der Waals surface area contributed by atoms with E-state index in [1.54, 1.807) is 4.90 Å². The van der Waals surface area contributed by atoms with E-state index in [1.165, 1.54) is 6.92 Å². The van der Waals surface area contributed by atoms with Crippen molar-refractivity contribution in [1.29, 1.82) is 0 Å². The van der Waals surface area contributed by atoms with Crippen LogP contribution in [0.25, 0.3) is 0 Å². The Bertz CT molecular complexity index is 476. The minimum Gasteiger partial charge on any atom is -0.341 e. The molecule has 4 nitrogen and oxygen atoms in total. The highest BCUT2D eigenvalue weighted by Crippen LogP contribution is 2.35. The lowest BCUT2D eigenvalue weighted by molar-refractivity contribution is -0.126. The van der Waals surface area contributed by atoms with Gasteiger partial charge in [-0.25, -0.2) is 0 Å². The van der Waals surface area contributed by atoms with Gasteiger partial charge in [-0.1, -0.05) is 34.1 Å². The molecule has 0 saturated carbocycles. The van der Waals surface area contributed by atoms with E-state index in [1.807, 2.05) is 24.3 Å². The summed E-state index contributed by atoms with van der Waals surface area (Å²) in [7, 11) is 0. The van der Waals surface area contributed by atoms with Gasteiger partial charge in [0.25, 0.3) is 5.91 Å². The number of hydrogen-bond donors (Lipinski definition) is 1. The number of carbonyl (C=O) groups is 2. The van der Waals surface area contributed by atoms with Crippen LogP contribution in [-0.4, -0.2) is 23.7 Å². The summed E-state index contributed by atoms with van der Waals surface area (Å²) in [6.45, 7) is 2.09. The van der Waals surface area contributed by atoms with Crippen LogP contribution in [0.4, 0.5) is 5.69 Å². The maximum absolute atomic E-state index is 12.3. The molecular formula is C13H15BrN2O2. The van der Waals surface area contributed by atoms with E-state index >= 15 is 0 Å². The van der Waals surface area contributed by atoms with Crippen molar-refractivity contribution in [2.24, 2.45) is 0 Å². The number of alkyl halides is 1. The van der Waals surface area contributed by atoms with Crippen molar-refractivity contribution in [2.45, 2.75) is 19.4 Å². The SMILES string of the molecule is CC(=O)N[C@H]1C(=O)N(CCCBr)c2ccccc21. The fourth-order valence-electron chi connectivity index (χ4n) is 2.18. The third kappa shape index (κ3) is 2.41. The number of benzene rings is 1. The van der Waals surface area contributed by atoms with Crippen LogP contribution in [0.1, 0.15) is 24.9 Å². The molecule has 5 heteroatoms. The fourth-order valence-corrected chi connectivity index (χ4v) is 2.43.